The maximum absolute atomic E-state index is 11.9. The number of likely N-dealkylation sites (tertiary alicyclic amines) is 1. The largest absolute Gasteiger partial charge is 0.494 e. The van der Waals surface area contributed by atoms with Gasteiger partial charge >= 0.3 is 5.97 Å². The minimum Gasteiger partial charge on any atom is -0.494 e. The van der Waals surface area contributed by atoms with Crippen LogP contribution in [-0.2, 0) is 19.7 Å². The highest BCUT2D eigenvalue weighted by molar-refractivity contribution is 5.80. The summed E-state index contributed by atoms with van der Waals surface area (Å²) in [5, 5.41) is 3.45. The van der Waals surface area contributed by atoms with Crippen LogP contribution in [0.3, 0.4) is 0 Å². The summed E-state index contributed by atoms with van der Waals surface area (Å²) in [7, 11) is 1.47. The van der Waals surface area contributed by atoms with Gasteiger partial charge in [0.2, 0.25) is 0 Å². The minimum atomic E-state index is -0.0988. The maximum Gasteiger partial charge on any atom is 0.308 e. The number of benzene rings is 1. The molecule has 2 saturated heterocycles. The Balaban J connectivity index is 1.75. The van der Waals surface area contributed by atoms with Crippen molar-refractivity contribution in [3.05, 3.63) is 29.8 Å². The lowest BCUT2D eigenvalue weighted by atomic mass is 9.74. The molecule has 2 heterocycles. The molecular weight excluding hydrogens is 394 g/mol. The lowest BCUT2D eigenvalue weighted by molar-refractivity contribution is -0.146. The van der Waals surface area contributed by atoms with Gasteiger partial charge in [0.15, 0.2) is 5.96 Å². The molecular formula is C24H37N3O4. The molecule has 0 saturated carbocycles. The number of guanidine groups is 1. The molecule has 1 aromatic rings. The summed E-state index contributed by atoms with van der Waals surface area (Å²) in [6, 6.07) is 8.48. The summed E-state index contributed by atoms with van der Waals surface area (Å²) in [5.41, 5.74) is 1.26. The number of aliphatic imine (C=N–C) groups is 1. The fraction of sp³-hybridized carbons (Fsp3) is 0.667. The van der Waals surface area contributed by atoms with Crippen molar-refractivity contribution in [3.63, 3.8) is 0 Å². The Hall–Kier alpha value is -2.28. The lowest BCUT2D eigenvalue weighted by Gasteiger charge is -2.38. The second-order valence-electron chi connectivity index (χ2n) is 8.30. The van der Waals surface area contributed by atoms with Crippen molar-refractivity contribution < 1.29 is 19.0 Å². The Morgan fingerprint density at radius 2 is 1.87 bits per heavy atom. The van der Waals surface area contributed by atoms with E-state index >= 15 is 0 Å². The van der Waals surface area contributed by atoms with Gasteiger partial charge in [-0.05, 0) is 57.2 Å². The quantitative estimate of drug-likeness (QED) is 0.407. The molecule has 0 unspecified atom stereocenters. The fourth-order valence-electron chi connectivity index (χ4n) is 4.52. The molecule has 0 bridgehead atoms. The number of piperidine rings is 1. The van der Waals surface area contributed by atoms with Crippen molar-refractivity contribution in [1.29, 1.82) is 0 Å². The third-order valence-corrected chi connectivity index (χ3v) is 6.42. The number of nitrogens with zero attached hydrogens (tertiary/aromatic N) is 2. The topological polar surface area (TPSA) is 72.4 Å². The summed E-state index contributed by atoms with van der Waals surface area (Å²) in [6.45, 7) is 9.41. The molecule has 0 spiro atoms. The van der Waals surface area contributed by atoms with Crippen LogP contribution in [0.2, 0.25) is 0 Å². The zero-order chi connectivity index (χ0) is 22.1. The molecule has 0 amide bonds. The van der Waals surface area contributed by atoms with Gasteiger partial charge in [0.1, 0.15) is 5.75 Å². The highest BCUT2D eigenvalue weighted by atomic mass is 16.5. The lowest BCUT2D eigenvalue weighted by Crippen LogP contribution is -2.47. The van der Waals surface area contributed by atoms with Crippen molar-refractivity contribution in [2.24, 2.45) is 10.9 Å². The first-order valence-corrected chi connectivity index (χ1v) is 11.5. The number of nitrogens with one attached hydrogen (secondary N) is 1. The highest BCUT2D eigenvalue weighted by Crippen LogP contribution is 2.36. The number of rotatable bonds is 7. The molecule has 172 valence electrons. The van der Waals surface area contributed by atoms with E-state index in [4.69, 9.17) is 19.2 Å². The van der Waals surface area contributed by atoms with E-state index in [0.717, 1.165) is 70.2 Å². The van der Waals surface area contributed by atoms with E-state index in [9.17, 15) is 4.79 Å². The number of esters is 1. The first-order chi connectivity index (χ1) is 15.1. The van der Waals surface area contributed by atoms with Crippen LogP contribution in [0.25, 0.3) is 0 Å². The Kier molecular flexibility index (Phi) is 8.58. The highest BCUT2D eigenvalue weighted by Gasteiger charge is 2.35. The monoisotopic (exact) mass is 431 g/mol. The smallest absolute Gasteiger partial charge is 0.308 e. The van der Waals surface area contributed by atoms with Crippen LogP contribution in [0.5, 0.6) is 5.75 Å². The number of ether oxygens (including phenoxy) is 3. The standard InChI is InChI=1S/C24H37N3O4/c1-4-25-23(27-14-10-19(11-15-27)22(28)29-3)26-18-24(12-16-30-17-13-24)20-6-8-21(9-7-20)31-5-2/h6-9,19H,4-5,10-18H2,1-3H3,(H,25,26). The Morgan fingerprint density at radius 1 is 1.19 bits per heavy atom. The van der Waals surface area contributed by atoms with Crippen LogP contribution < -0.4 is 10.1 Å². The summed E-state index contributed by atoms with van der Waals surface area (Å²) in [4.78, 5) is 19.2. The molecule has 3 rings (SSSR count). The van der Waals surface area contributed by atoms with Gasteiger partial charge in [-0.25, -0.2) is 0 Å². The predicted octanol–water partition coefficient (Wildman–Crippen LogP) is 2.98. The maximum atomic E-state index is 11.9. The van der Waals surface area contributed by atoms with E-state index in [1.807, 2.05) is 6.92 Å². The zero-order valence-corrected chi connectivity index (χ0v) is 19.2. The number of hydrogen-bond donors (Lipinski definition) is 1. The van der Waals surface area contributed by atoms with E-state index in [2.05, 4.69) is 41.4 Å². The number of methoxy groups -OCH3 is 1. The molecule has 0 radical (unpaired) electrons. The summed E-state index contributed by atoms with van der Waals surface area (Å²) < 4.78 is 16.2. The van der Waals surface area contributed by atoms with Crippen LogP contribution in [-0.4, -0.2) is 69.9 Å². The van der Waals surface area contributed by atoms with Gasteiger partial charge in [0.25, 0.3) is 0 Å². The van der Waals surface area contributed by atoms with Gasteiger partial charge in [-0.15, -0.1) is 0 Å². The minimum absolute atomic E-state index is 0.00480. The first-order valence-electron chi connectivity index (χ1n) is 11.5. The SMILES string of the molecule is CCNC(=NCC1(c2ccc(OCC)cc2)CCOCC1)N1CCC(C(=O)OC)CC1. The van der Waals surface area contributed by atoms with E-state index in [-0.39, 0.29) is 17.3 Å². The van der Waals surface area contributed by atoms with Gasteiger partial charge in [-0.3, -0.25) is 9.79 Å². The van der Waals surface area contributed by atoms with Crippen LogP contribution in [0.4, 0.5) is 0 Å². The average molecular weight is 432 g/mol. The van der Waals surface area contributed by atoms with Gasteiger partial charge in [0.05, 0.1) is 26.2 Å². The molecule has 7 heteroatoms. The second-order valence-corrected chi connectivity index (χ2v) is 8.30. The third-order valence-electron chi connectivity index (χ3n) is 6.42. The van der Waals surface area contributed by atoms with Gasteiger partial charge in [-0.2, -0.15) is 0 Å². The predicted molar refractivity (Wildman–Crippen MR) is 122 cm³/mol. The Bertz CT molecular complexity index is 721. The number of carbonyl (C=O) groups excluding carboxylic acids is 1. The molecule has 2 aliphatic rings. The second kappa shape index (κ2) is 11.4. The van der Waals surface area contributed by atoms with Gasteiger partial charge in [0, 0.05) is 38.3 Å². The van der Waals surface area contributed by atoms with Crippen molar-refractivity contribution in [2.75, 3.05) is 53.1 Å². The van der Waals surface area contributed by atoms with Crippen molar-refractivity contribution in [2.45, 2.75) is 44.9 Å². The summed E-state index contributed by atoms with van der Waals surface area (Å²) >= 11 is 0. The molecule has 1 aromatic carbocycles. The molecule has 31 heavy (non-hydrogen) atoms. The van der Waals surface area contributed by atoms with Crippen LogP contribution in [0, 0.1) is 5.92 Å². The van der Waals surface area contributed by atoms with Crippen LogP contribution in [0.15, 0.2) is 29.3 Å². The summed E-state index contributed by atoms with van der Waals surface area (Å²) in [6.07, 6.45) is 3.51. The number of carbonyl (C=O) groups is 1. The molecule has 7 nitrogen and oxygen atoms in total. The molecule has 0 aromatic heterocycles. The van der Waals surface area contributed by atoms with E-state index in [0.29, 0.717) is 13.2 Å². The fourth-order valence-corrected chi connectivity index (χ4v) is 4.52. The van der Waals surface area contributed by atoms with E-state index in [1.165, 1.54) is 12.7 Å². The molecule has 2 fully saturated rings. The molecule has 1 N–H and O–H groups in total. The third kappa shape index (κ3) is 5.91. The van der Waals surface area contributed by atoms with Crippen molar-refractivity contribution >= 4 is 11.9 Å². The van der Waals surface area contributed by atoms with Crippen LogP contribution in [0.1, 0.15) is 45.1 Å². The zero-order valence-electron chi connectivity index (χ0n) is 19.2. The Morgan fingerprint density at radius 3 is 2.45 bits per heavy atom. The summed E-state index contributed by atoms with van der Waals surface area (Å²) in [5.74, 6) is 1.73. The van der Waals surface area contributed by atoms with Crippen LogP contribution >= 0.6 is 0 Å². The van der Waals surface area contributed by atoms with Gasteiger partial charge in [-0.1, -0.05) is 12.1 Å². The normalized spacial score (nSPS) is 19.7. The molecule has 0 atom stereocenters. The number of hydrogen-bond acceptors (Lipinski definition) is 5. The first kappa shape index (κ1) is 23.4. The van der Waals surface area contributed by atoms with Crippen molar-refractivity contribution in [3.8, 4) is 5.75 Å². The van der Waals surface area contributed by atoms with Crippen molar-refractivity contribution in [1.82, 2.24) is 10.2 Å². The Labute approximate surface area is 186 Å². The van der Waals surface area contributed by atoms with E-state index in [1.54, 1.807) is 0 Å². The van der Waals surface area contributed by atoms with Gasteiger partial charge < -0.3 is 24.4 Å². The molecule has 2 aliphatic heterocycles. The van der Waals surface area contributed by atoms with E-state index < -0.39 is 0 Å². The molecule has 0 aliphatic carbocycles. The average Bonchev–Trinajstić information content (AvgIpc) is 2.82.